The number of nitrogens with zero attached hydrogens (tertiary/aromatic N) is 1. The van der Waals surface area contributed by atoms with E-state index < -0.39 is 11.6 Å². The number of halogens is 2. The summed E-state index contributed by atoms with van der Waals surface area (Å²) in [6.07, 6.45) is 2.19. The molecule has 3 N–H and O–H groups in total. The van der Waals surface area contributed by atoms with E-state index in [0.717, 1.165) is 18.9 Å². The summed E-state index contributed by atoms with van der Waals surface area (Å²) < 4.78 is 26.4. The fourth-order valence-corrected chi connectivity index (χ4v) is 3.54. The molecule has 1 saturated carbocycles. The largest absolute Gasteiger partial charge is 0.355 e. The van der Waals surface area contributed by atoms with Crippen molar-refractivity contribution in [1.82, 2.24) is 10.2 Å². The lowest BCUT2D eigenvalue weighted by Crippen LogP contribution is -2.46. The zero-order chi connectivity index (χ0) is 18.0. The summed E-state index contributed by atoms with van der Waals surface area (Å²) in [5.74, 6) is -2.28. The van der Waals surface area contributed by atoms with E-state index in [1.807, 2.05) is 0 Å². The van der Waals surface area contributed by atoms with Crippen LogP contribution < -0.4 is 11.1 Å². The molecule has 2 aliphatic rings. The van der Waals surface area contributed by atoms with Crippen LogP contribution in [-0.2, 0) is 9.59 Å². The van der Waals surface area contributed by atoms with Gasteiger partial charge in [-0.3, -0.25) is 9.59 Å². The molecular weight excluding hydrogens is 328 g/mol. The summed E-state index contributed by atoms with van der Waals surface area (Å²) in [5.41, 5.74) is 6.05. The third kappa shape index (κ3) is 3.98. The van der Waals surface area contributed by atoms with Crippen molar-refractivity contribution in [3.8, 4) is 0 Å². The van der Waals surface area contributed by atoms with Gasteiger partial charge in [-0.2, -0.15) is 0 Å². The van der Waals surface area contributed by atoms with Crippen molar-refractivity contribution in [2.75, 3.05) is 26.2 Å². The van der Waals surface area contributed by atoms with Gasteiger partial charge in [0.1, 0.15) is 0 Å². The number of carbonyl (C=O) groups is 2. The lowest BCUT2D eigenvalue weighted by molar-refractivity contribution is -0.136. The molecule has 1 aromatic carbocycles. The van der Waals surface area contributed by atoms with Gasteiger partial charge in [-0.1, -0.05) is 6.07 Å². The highest BCUT2D eigenvalue weighted by Crippen LogP contribution is 2.49. The molecule has 1 aliphatic carbocycles. The third-order valence-corrected chi connectivity index (χ3v) is 5.03. The number of nitrogens with one attached hydrogen (secondary N) is 1. The Morgan fingerprint density at radius 1 is 1.28 bits per heavy atom. The summed E-state index contributed by atoms with van der Waals surface area (Å²) in [4.78, 5) is 26.5. The number of hydrogen-bond acceptors (Lipinski definition) is 3. The molecular formula is C18H23F2N3O2. The summed E-state index contributed by atoms with van der Waals surface area (Å²) in [6, 6.07) is 3.81. The first-order chi connectivity index (χ1) is 12.0. The van der Waals surface area contributed by atoms with Gasteiger partial charge in [0.2, 0.25) is 11.8 Å². The van der Waals surface area contributed by atoms with Gasteiger partial charge in [-0.15, -0.1) is 0 Å². The van der Waals surface area contributed by atoms with Crippen molar-refractivity contribution in [2.45, 2.75) is 25.2 Å². The minimum atomic E-state index is -0.884. The number of carbonyl (C=O) groups excluding carboxylic acids is 2. The summed E-state index contributed by atoms with van der Waals surface area (Å²) >= 11 is 0. The number of amides is 2. The lowest BCUT2D eigenvalue weighted by Gasteiger charge is -2.32. The number of rotatable bonds is 5. The molecule has 1 aromatic rings. The van der Waals surface area contributed by atoms with Crippen molar-refractivity contribution in [2.24, 2.45) is 17.6 Å². The second kappa shape index (κ2) is 7.47. The van der Waals surface area contributed by atoms with Crippen LogP contribution in [0, 0.1) is 23.5 Å². The minimum absolute atomic E-state index is 0.00561. The maximum Gasteiger partial charge on any atom is 0.226 e. The predicted octanol–water partition coefficient (Wildman–Crippen LogP) is 1.38. The quantitative estimate of drug-likeness (QED) is 0.842. The van der Waals surface area contributed by atoms with Gasteiger partial charge in [0, 0.05) is 32.1 Å². The van der Waals surface area contributed by atoms with Crippen molar-refractivity contribution < 1.29 is 18.4 Å². The molecule has 0 radical (unpaired) electrons. The maximum atomic E-state index is 13.4. The van der Waals surface area contributed by atoms with Crippen molar-refractivity contribution in [3.05, 3.63) is 35.4 Å². The SMILES string of the molecule is NCCNC(=O)C1CCCN(C(=O)C2CC2c2ccc(F)c(F)c2)C1. The molecule has 7 heteroatoms. The van der Waals surface area contributed by atoms with E-state index in [2.05, 4.69) is 5.32 Å². The van der Waals surface area contributed by atoms with E-state index in [9.17, 15) is 18.4 Å². The maximum absolute atomic E-state index is 13.4. The van der Waals surface area contributed by atoms with Crippen LogP contribution in [0.15, 0.2) is 18.2 Å². The van der Waals surface area contributed by atoms with E-state index in [0.29, 0.717) is 38.2 Å². The van der Waals surface area contributed by atoms with Gasteiger partial charge in [0.05, 0.1) is 5.92 Å². The molecule has 3 unspecified atom stereocenters. The molecule has 0 bridgehead atoms. The first-order valence-electron chi connectivity index (χ1n) is 8.72. The van der Waals surface area contributed by atoms with Gasteiger partial charge >= 0.3 is 0 Å². The standard InChI is InChI=1S/C18H23F2N3O2/c19-15-4-3-11(8-16(15)20)13-9-14(13)18(25)23-7-1-2-12(10-23)17(24)22-6-5-21/h3-4,8,12-14H,1-2,5-7,9-10,21H2,(H,22,24). The van der Waals surface area contributed by atoms with Gasteiger partial charge in [-0.05, 0) is 42.9 Å². The zero-order valence-corrected chi connectivity index (χ0v) is 14.0. The molecule has 2 fully saturated rings. The molecule has 1 heterocycles. The van der Waals surface area contributed by atoms with E-state index in [1.54, 1.807) is 4.90 Å². The molecule has 1 saturated heterocycles. The molecule has 3 rings (SSSR count). The van der Waals surface area contributed by atoms with Crippen LogP contribution in [0.4, 0.5) is 8.78 Å². The molecule has 3 atom stereocenters. The predicted molar refractivity (Wildman–Crippen MR) is 88.6 cm³/mol. The first-order valence-corrected chi connectivity index (χ1v) is 8.72. The second-order valence-corrected chi connectivity index (χ2v) is 6.83. The number of hydrogen-bond donors (Lipinski definition) is 2. The summed E-state index contributed by atoms with van der Waals surface area (Å²) in [6.45, 7) is 1.87. The summed E-state index contributed by atoms with van der Waals surface area (Å²) in [7, 11) is 0. The van der Waals surface area contributed by atoms with E-state index >= 15 is 0 Å². The molecule has 2 amide bonds. The van der Waals surface area contributed by atoms with Crippen LogP contribution in [-0.4, -0.2) is 42.9 Å². The van der Waals surface area contributed by atoms with E-state index in [1.165, 1.54) is 12.1 Å². The molecule has 136 valence electrons. The average Bonchev–Trinajstić information content (AvgIpc) is 3.42. The van der Waals surface area contributed by atoms with Crippen LogP contribution in [0.2, 0.25) is 0 Å². The summed E-state index contributed by atoms with van der Waals surface area (Å²) in [5, 5.41) is 2.77. The normalized spacial score (nSPS) is 25.6. The fraction of sp³-hybridized carbons (Fsp3) is 0.556. The highest BCUT2D eigenvalue weighted by molar-refractivity contribution is 5.85. The lowest BCUT2D eigenvalue weighted by atomic mass is 9.96. The van der Waals surface area contributed by atoms with E-state index in [-0.39, 0.29) is 29.6 Å². The van der Waals surface area contributed by atoms with Crippen molar-refractivity contribution >= 4 is 11.8 Å². The Morgan fingerprint density at radius 2 is 2.08 bits per heavy atom. The minimum Gasteiger partial charge on any atom is -0.355 e. The number of benzene rings is 1. The fourth-order valence-electron chi connectivity index (χ4n) is 3.54. The number of piperidine rings is 1. The average molecular weight is 351 g/mol. The van der Waals surface area contributed by atoms with Crippen LogP contribution in [0.1, 0.15) is 30.7 Å². The van der Waals surface area contributed by atoms with Gasteiger partial charge in [0.15, 0.2) is 11.6 Å². The molecule has 25 heavy (non-hydrogen) atoms. The third-order valence-electron chi connectivity index (χ3n) is 5.03. The molecule has 0 spiro atoms. The molecule has 1 aliphatic heterocycles. The molecule has 0 aromatic heterocycles. The van der Waals surface area contributed by atoms with Crippen LogP contribution >= 0.6 is 0 Å². The number of nitrogens with two attached hydrogens (primary N) is 1. The highest BCUT2D eigenvalue weighted by atomic mass is 19.2. The Bertz CT molecular complexity index is 668. The smallest absolute Gasteiger partial charge is 0.226 e. The zero-order valence-electron chi connectivity index (χ0n) is 14.0. The second-order valence-electron chi connectivity index (χ2n) is 6.83. The first kappa shape index (κ1) is 17.8. The number of likely N-dealkylation sites (tertiary alicyclic amines) is 1. The monoisotopic (exact) mass is 351 g/mol. The van der Waals surface area contributed by atoms with Gasteiger partial charge < -0.3 is 16.0 Å². The van der Waals surface area contributed by atoms with Crippen molar-refractivity contribution in [1.29, 1.82) is 0 Å². The molecule has 5 nitrogen and oxygen atoms in total. The van der Waals surface area contributed by atoms with Gasteiger partial charge in [-0.25, -0.2) is 8.78 Å². The Labute approximate surface area is 145 Å². The Kier molecular flexibility index (Phi) is 5.32. The van der Waals surface area contributed by atoms with Crippen molar-refractivity contribution in [3.63, 3.8) is 0 Å². The topological polar surface area (TPSA) is 75.4 Å². The Morgan fingerprint density at radius 3 is 2.80 bits per heavy atom. The highest BCUT2D eigenvalue weighted by Gasteiger charge is 2.46. The van der Waals surface area contributed by atoms with Crippen LogP contribution in [0.5, 0.6) is 0 Å². The van der Waals surface area contributed by atoms with Crippen LogP contribution in [0.25, 0.3) is 0 Å². The Hall–Kier alpha value is -2.02. The van der Waals surface area contributed by atoms with E-state index in [4.69, 9.17) is 5.73 Å². The van der Waals surface area contributed by atoms with Crippen LogP contribution in [0.3, 0.4) is 0 Å². The Balaban J connectivity index is 1.58. The van der Waals surface area contributed by atoms with Gasteiger partial charge in [0.25, 0.3) is 0 Å².